The Morgan fingerprint density at radius 3 is 2.36 bits per heavy atom. The summed E-state index contributed by atoms with van der Waals surface area (Å²) >= 11 is 1.65. The smallest absolute Gasteiger partial charge is 0.228 e. The summed E-state index contributed by atoms with van der Waals surface area (Å²) in [6.45, 7) is 3.42. The average molecular weight is 426 g/mol. The van der Waals surface area contributed by atoms with E-state index in [2.05, 4.69) is 4.90 Å². The van der Waals surface area contributed by atoms with Crippen LogP contribution >= 0.6 is 11.8 Å². The molecule has 2 amide bonds. The van der Waals surface area contributed by atoms with Crippen molar-refractivity contribution in [1.29, 1.82) is 0 Å². The molecule has 0 N–H and O–H groups in total. The van der Waals surface area contributed by atoms with Crippen LogP contribution in [0.25, 0.3) is 0 Å². The molecule has 0 bridgehead atoms. The van der Waals surface area contributed by atoms with Crippen molar-refractivity contribution < 1.29 is 18.0 Å². The van der Waals surface area contributed by atoms with Gasteiger partial charge in [0, 0.05) is 62.5 Å². The number of carbonyl (C=O) groups excluding carboxylic acids is 2. The monoisotopic (exact) mass is 425 g/mol. The number of anilines is 1. The second-order valence-electron chi connectivity index (χ2n) is 7.40. The molecular weight excluding hydrogens is 398 g/mol. The van der Waals surface area contributed by atoms with Gasteiger partial charge in [0.1, 0.15) is 9.84 Å². The van der Waals surface area contributed by atoms with Crippen LogP contribution in [0.4, 0.5) is 5.69 Å². The topological polar surface area (TPSA) is 78.0 Å². The lowest BCUT2D eigenvalue weighted by Gasteiger charge is -2.35. The van der Waals surface area contributed by atoms with Gasteiger partial charge in [-0.05, 0) is 30.5 Å². The Morgan fingerprint density at radius 2 is 1.79 bits per heavy atom. The first-order chi connectivity index (χ1) is 13.3. The lowest BCUT2D eigenvalue weighted by atomic mass is 10.1. The molecule has 1 unspecified atom stereocenters. The normalized spacial score (nSPS) is 21.4. The number of carbonyl (C=O) groups is 2. The third kappa shape index (κ3) is 5.27. The fraction of sp³-hybridized carbons (Fsp3) is 0.579. The minimum atomic E-state index is -2.98. The van der Waals surface area contributed by atoms with Crippen LogP contribution in [-0.4, -0.2) is 87.6 Å². The second kappa shape index (κ2) is 8.84. The lowest BCUT2D eigenvalue weighted by Crippen LogP contribution is -2.51. The fourth-order valence-corrected chi connectivity index (χ4v) is 4.63. The van der Waals surface area contributed by atoms with Crippen molar-refractivity contribution >= 4 is 39.1 Å². The van der Waals surface area contributed by atoms with Crippen molar-refractivity contribution in [3.63, 3.8) is 0 Å². The molecule has 0 aromatic heterocycles. The molecule has 3 rings (SSSR count). The van der Waals surface area contributed by atoms with Crippen LogP contribution in [0.2, 0.25) is 0 Å². The first-order valence-corrected chi connectivity index (χ1v) is 12.7. The van der Waals surface area contributed by atoms with Gasteiger partial charge in [-0.3, -0.25) is 14.5 Å². The molecule has 1 aromatic rings. The number of hydrogen-bond acceptors (Lipinski definition) is 6. The lowest BCUT2D eigenvalue weighted by molar-refractivity contribution is -0.137. The maximum atomic E-state index is 12.9. The van der Waals surface area contributed by atoms with Gasteiger partial charge in [-0.1, -0.05) is 0 Å². The Balaban J connectivity index is 1.53. The van der Waals surface area contributed by atoms with Crippen molar-refractivity contribution in [1.82, 2.24) is 9.80 Å². The highest BCUT2D eigenvalue weighted by Crippen LogP contribution is 2.28. The van der Waals surface area contributed by atoms with Crippen molar-refractivity contribution in [2.75, 3.05) is 62.4 Å². The Kier molecular flexibility index (Phi) is 6.67. The predicted molar refractivity (Wildman–Crippen MR) is 111 cm³/mol. The summed E-state index contributed by atoms with van der Waals surface area (Å²) in [6.07, 6.45) is 3.49. The predicted octanol–water partition coefficient (Wildman–Crippen LogP) is 0.950. The fourth-order valence-electron chi connectivity index (χ4n) is 3.63. The van der Waals surface area contributed by atoms with E-state index >= 15 is 0 Å². The molecule has 2 heterocycles. The third-order valence-electron chi connectivity index (χ3n) is 5.32. The van der Waals surface area contributed by atoms with Crippen LogP contribution < -0.4 is 4.90 Å². The summed E-state index contributed by atoms with van der Waals surface area (Å²) in [7, 11) is -2.98. The number of hydrogen-bond donors (Lipinski definition) is 0. The Hall–Kier alpha value is -1.58. The van der Waals surface area contributed by atoms with Gasteiger partial charge in [0.15, 0.2) is 0 Å². The molecule has 7 nitrogen and oxygen atoms in total. The molecule has 2 fully saturated rings. The van der Waals surface area contributed by atoms with E-state index in [4.69, 9.17) is 0 Å². The number of thioether (sulfide) groups is 1. The highest BCUT2D eigenvalue weighted by Gasteiger charge is 2.37. The van der Waals surface area contributed by atoms with Crippen LogP contribution in [-0.2, 0) is 19.4 Å². The van der Waals surface area contributed by atoms with E-state index in [0.29, 0.717) is 39.3 Å². The molecule has 2 aliphatic rings. The average Bonchev–Trinajstić information content (AvgIpc) is 3.07. The van der Waals surface area contributed by atoms with Gasteiger partial charge < -0.3 is 9.80 Å². The van der Waals surface area contributed by atoms with E-state index in [-0.39, 0.29) is 29.9 Å². The van der Waals surface area contributed by atoms with Crippen LogP contribution in [0.3, 0.4) is 0 Å². The Labute approximate surface area is 171 Å². The summed E-state index contributed by atoms with van der Waals surface area (Å²) in [4.78, 5) is 32.0. The van der Waals surface area contributed by atoms with Crippen molar-refractivity contribution in [3.05, 3.63) is 24.3 Å². The molecule has 0 saturated carbocycles. The summed E-state index contributed by atoms with van der Waals surface area (Å²) in [5.41, 5.74) is 0.837. The van der Waals surface area contributed by atoms with E-state index in [1.165, 1.54) is 6.26 Å². The SMILES string of the molecule is CSc1ccc(N2CC(C(=O)N3CCN(CCS(C)(=O)=O)CC3)CC2=O)cc1. The van der Waals surface area contributed by atoms with Crippen LogP contribution in [0.15, 0.2) is 29.2 Å². The Morgan fingerprint density at radius 1 is 1.14 bits per heavy atom. The molecule has 0 radical (unpaired) electrons. The summed E-state index contributed by atoms with van der Waals surface area (Å²) in [5, 5.41) is 0. The number of piperazine rings is 1. The van der Waals surface area contributed by atoms with E-state index in [1.807, 2.05) is 35.4 Å². The summed E-state index contributed by atoms with van der Waals surface area (Å²) in [6, 6.07) is 7.82. The number of sulfone groups is 1. The highest BCUT2D eigenvalue weighted by molar-refractivity contribution is 7.98. The zero-order chi connectivity index (χ0) is 20.3. The van der Waals surface area contributed by atoms with Crippen LogP contribution in [0, 0.1) is 5.92 Å². The molecule has 1 aromatic carbocycles. The van der Waals surface area contributed by atoms with Crippen LogP contribution in [0.5, 0.6) is 0 Å². The van der Waals surface area contributed by atoms with E-state index in [9.17, 15) is 18.0 Å². The quantitative estimate of drug-likeness (QED) is 0.632. The van der Waals surface area contributed by atoms with Gasteiger partial charge in [0.2, 0.25) is 11.8 Å². The molecule has 9 heteroatoms. The van der Waals surface area contributed by atoms with Gasteiger partial charge in [-0.15, -0.1) is 11.8 Å². The first-order valence-electron chi connectivity index (χ1n) is 9.40. The Bertz CT molecular complexity index is 818. The van der Waals surface area contributed by atoms with E-state index < -0.39 is 9.84 Å². The molecule has 1 atom stereocenters. The molecule has 2 aliphatic heterocycles. The van der Waals surface area contributed by atoms with Crippen LogP contribution in [0.1, 0.15) is 6.42 Å². The van der Waals surface area contributed by atoms with Gasteiger partial charge >= 0.3 is 0 Å². The van der Waals surface area contributed by atoms with Gasteiger partial charge in [-0.2, -0.15) is 0 Å². The molecular formula is C19H27N3O4S2. The van der Waals surface area contributed by atoms with E-state index in [1.54, 1.807) is 16.7 Å². The van der Waals surface area contributed by atoms with Crippen molar-refractivity contribution in [3.8, 4) is 0 Å². The summed E-state index contributed by atoms with van der Waals surface area (Å²) in [5.74, 6) is -0.154. The number of amides is 2. The van der Waals surface area contributed by atoms with E-state index in [0.717, 1.165) is 10.6 Å². The maximum absolute atomic E-state index is 12.9. The summed E-state index contributed by atoms with van der Waals surface area (Å²) < 4.78 is 22.6. The van der Waals surface area contributed by atoms with Gasteiger partial charge in [0.05, 0.1) is 11.7 Å². The zero-order valence-corrected chi connectivity index (χ0v) is 18.0. The van der Waals surface area contributed by atoms with Crippen molar-refractivity contribution in [2.45, 2.75) is 11.3 Å². The van der Waals surface area contributed by atoms with Crippen molar-refractivity contribution in [2.24, 2.45) is 5.92 Å². The first kappa shape index (κ1) is 21.1. The molecule has 2 saturated heterocycles. The van der Waals surface area contributed by atoms with Gasteiger partial charge in [-0.25, -0.2) is 8.42 Å². The minimum Gasteiger partial charge on any atom is -0.340 e. The minimum absolute atomic E-state index is 0.0120. The largest absolute Gasteiger partial charge is 0.340 e. The highest BCUT2D eigenvalue weighted by atomic mass is 32.2. The maximum Gasteiger partial charge on any atom is 0.228 e. The zero-order valence-electron chi connectivity index (χ0n) is 16.3. The number of benzene rings is 1. The number of nitrogens with zero attached hydrogens (tertiary/aromatic N) is 3. The molecule has 28 heavy (non-hydrogen) atoms. The second-order valence-corrected chi connectivity index (χ2v) is 10.5. The van der Waals surface area contributed by atoms with Gasteiger partial charge in [0.25, 0.3) is 0 Å². The molecule has 0 aliphatic carbocycles. The standard InChI is InChI=1S/C19H27N3O4S2/c1-27-17-5-3-16(4-6-17)22-14-15(13-18(22)23)19(24)21-9-7-20(8-10-21)11-12-28(2,25)26/h3-6,15H,7-14H2,1-2H3. The third-order valence-corrected chi connectivity index (χ3v) is 6.99. The molecule has 154 valence electrons. The number of rotatable bonds is 6. The molecule has 0 spiro atoms.